The summed E-state index contributed by atoms with van der Waals surface area (Å²) in [6.07, 6.45) is 0.325. The quantitative estimate of drug-likeness (QED) is 0.550. The van der Waals surface area contributed by atoms with Crippen molar-refractivity contribution in [2.75, 3.05) is 0 Å². The van der Waals surface area contributed by atoms with Crippen LogP contribution < -0.4 is 11.2 Å². The number of rotatable bonds is 1. The molecule has 60 valence electrons. The zero-order valence-electron chi connectivity index (χ0n) is 5.94. The summed E-state index contributed by atoms with van der Waals surface area (Å²) >= 11 is 0. The number of aromatic amines is 1. The van der Waals surface area contributed by atoms with Gasteiger partial charge in [0.2, 0.25) is 0 Å². The van der Waals surface area contributed by atoms with Crippen molar-refractivity contribution in [3.8, 4) is 0 Å². The number of hydrogen-bond donors (Lipinski definition) is 2. The minimum Gasteiger partial charge on any atom is -0.373 e. The first-order valence-electron chi connectivity index (χ1n) is 3.11. The molecule has 11 heavy (non-hydrogen) atoms. The van der Waals surface area contributed by atoms with Crippen LogP contribution in [0.3, 0.4) is 0 Å². The second-order valence-corrected chi connectivity index (χ2v) is 2.15. The van der Waals surface area contributed by atoms with E-state index in [2.05, 4.69) is 0 Å². The predicted octanol–water partition coefficient (Wildman–Crippen LogP) is -0.953. The van der Waals surface area contributed by atoms with Crippen LogP contribution in [0.15, 0.2) is 21.9 Å². The SMILES string of the molecule is C[C@@H](O)n1ccc(=O)[nH]c1=O. The topological polar surface area (TPSA) is 75.1 Å². The van der Waals surface area contributed by atoms with Crippen molar-refractivity contribution in [2.24, 2.45) is 0 Å². The first-order valence-corrected chi connectivity index (χ1v) is 3.11. The van der Waals surface area contributed by atoms with E-state index in [1.807, 2.05) is 4.98 Å². The molecule has 1 aromatic heterocycles. The van der Waals surface area contributed by atoms with Crippen LogP contribution in [0.2, 0.25) is 0 Å². The van der Waals surface area contributed by atoms with Gasteiger partial charge in [0.05, 0.1) is 0 Å². The van der Waals surface area contributed by atoms with E-state index in [-0.39, 0.29) is 0 Å². The Morgan fingerprint density at radius 1 is 1.64 bits per heavy atom. The molecule has 2 N–H and O–H groups in total. The van der Waals surface area contributed by atoms with Crippen molar-refractivity contribution in [2.45, 2.75) is 13.2 Å². The third-order valence-corrected chi connectivity index (χ3v) is 1.25. The zero-order valence-corrected chi connectivity index (χ0v) is 5.94. The molecule has 0 aromatic carbocycles. The van der Waals surface area contributed by atoms with Crippen LogP contribution in [0, 0.1) is 0 Å². The Hall–Kier alpha value is -1.36. The maximum atomic E-state index is 10.8. The van der Waals surface area contributed by atoms with Crippen molar-refractivity contribution in [1.82, 2.24) is 9.55 Å². The summed E-state index contributed by atoms with van der Waals surface area (Å²) in [6, 6.07) is 1.17. The standard InChI is InChI=1S/C6H8N2O3/c1-4(9)8-3-2-5(10)7-6(8)11/h2-4,9H,1H3,(H,7,10,11)/t4-/m1/s1. The van der Waals surface area contributed by atoms with E-state index >= 15 is 0 Å². The van der Waals surface area contributed by atoms with Gasteiger partial charge in [0.15, 0.2) is 0 Å². The molecule has 5 nitrogen and oxygen atoms in total. The summed E-state index contributed by atoms with van der Waals surface area (Å²) in [5, 5.41) is 8.94. The highest BCUT2D eigenvalue weighted by Gasteiger charge is 1.99. The molecule has 1 rings (SSSR count). The van der Waals surface area contributed by atoms with Crippen molar-refractivity contribution in [3.63, 3.8) is 0 Å². The summed E-state index contributed by atoms with van der Waals surface area (Å²) in [6.45, 7) is 1.43. The molecule has 0 saturated carbocycles. The van der Waals surface area contributed by atoms with Gasteiger partial charge in [-0.1, -0.05) is 0 Å². The van der Waals surface area contributed by atoms with Gasteiger partial charge in [-0.2, -0.15) is 0 Å². The van der Waals surface area contributed by atoms with Crippen LogP contribution in [-0.2, 0) is 0 Å². The lowest BCUT2D eigenvalue weighted by Crippen LogP contribution is -2.30. The fourth-order valence-corrected chi connectivity index (χ4v) is 0.722. The fourth-order valence-electron chi connectivity index (χ4n) is 0.722. The second kappa shape index (κ2) is 2.71. The third kappa shape index (κ3) is 1.56. The average molecular weight is 156 g/mol. The lowest BCUT2D eigenvalue weighted by molar-refractivity contribution is 0.119. The minimum atomic E-state index is -0.917. The third-order valence-electron chi connectivity index (χ3n) is 1.25. The van der Waals surface area contributed by atoms with Gasteiger partial charge in [-0.05, 0) is 6.92 Å². The second-order valence-electron chi connectivity index (χ2n) is 2.15. The van der Waals surface area contributed by atoms with E-state index < -0.39 is 17.5 Å². The molecule has 0 aliphatic carbocycles. The molecular formula is C6H8N2O3. The van der Waals surface area contributed by atoms with E-state index in [0.29, 0.717) is 0 Å². The summed E-state index contributed by atoms with van der Waals surface area (Å²) in [5.74, 6) is 0. The number of aliphatic hydroxyl groups excluding tert-OH is 1. The van der Waals surface area contributed by atoms with Crippen LogP contribution in [0.25, 0.3) is 0 Å². The van der Waals surface area contributed by atoms with Gasteiger partial charge >= 0.3 is 5.69 Å². The highest BCUT2D eigenvalue weighted by atomic mass is 16.3. The van der Waals surface area contributed by atoms with Crippen molar-refractivity contribution in [3.05, 3.63) is 33.1 Å². The molecule has 0 amide bonds. The summed E-state index contributed by atoms with van der Waals surface area (Å²) in [4.78, 5) is 23.4. The van der Waals surface area contributed by atoms with E-state index in [9.17, 15) is 9.59 Å². The molecule has 0 bridgehead atoms. The average Bonchev–Trinajstić information content (AvgIpc) is 1.85. The molecule has 0 spiro atoms. The number of nitrogens with zero attached hydrogens (tertiary/aromatic N) is 1. The smallest absolute Gasteiger partial charge is 0.330 e. The van der Waals surface area contributed by atoms with Crippen LogP contribution in [-0.4, -0.2) is 14.7 Å². The Morgan fingerprint density at radius 2 is 2.27 bits per heavy atom. The lowest BCUT2D eigenvalue weighted by atomic mass is 10.6. The molecule has 0 aliphatic heterocycles. The number of nitrogens with one attached hydrogen (secondary N) is 1. The van der Waals surface area contributed by atoms with Crippen LogP contribution in [0.1, 0.15) is 13.2 Å². The lowest BCUT2D eigenvalue weighted by Gasteiger charge is -2.05. The number of H-pyrrole nitrogens is 1. The largest absolute Gasteiger partial charge is 0.373 e. The van der Waals surface area contributed by atoms with Gasteiger partial charge in [0, 0.05) is 12.3 Å². The Balaban J connectivity index is 3.32. The predicted molar refractivity (Wildman–Crippen MR) is 38.3 cm³/mol. The van der Waals surface area contributed by atoms with Crippen LogP contribution in [0.5, 0.6) is 0 Å². The number of aromatic nitrogens is 2. The van der Waals surface area contributed by atoms with Gasteiger partial charge < -0.3 is 5.11 Å². The molecule has 0 aliphatic rings. The normalized spacial score (nSPS) is 12.9. The van der Waals surface area contributed by atoms with E-state index in [1.165, 1.54) is 19.2 Å². The van der Waals surface area contributed by atoms with Gasteiger partial charge in [0.1, 0.15) is 6.23 Å². The molecule has 0 fully saturated rings. The Bertz CT molecular complexity index is 349. The summed E-state index contributed by atoms with van der Waals surface area (Å²) in [7, 11) is 0. The molecule has 0 radical (unpaired) electrons. The Morgan fingerprint density at radius 3 is 2.73 bits per heavy atom. The number of aliphatic hydroxyl groups is 1. The Labute approximate surface area is 61.9 Å². The van der Waals surface area contributed by atoms with E-state index in [0.717, 1.165) is 4.57 Å². The highest BCUT2D eigenvalue weighted by molar-refractivity contribution is 4.82. The molecular weight excluding hydrogens is 148 g/mol. The summed E-state index contributed by atoms with van der Waals surface area (Å²) < 4.78 is 1.02. The first kappa shape index (κ1) is 7.74. The first-order chi connectivity index (χ1) is 5.11. The van der Waals surface area contributed by atoms with Gasteiger partial charge in [0.25, 0.3) is 5.56 Å². The van der Waals surface area contributed by atoms with Gasteiger partial charge in [-0.3, -0.25) is 14.3 Å². The molecule has 1 atom stereocenters. The highest BCUT2D eigenvalue weighted by Crippen LogP contribution is 1.90. The van der Waals surface area contributed by atoms with Crippen molar-refractivity contribution < 1.29 is 5.11 Å². The van der Waals surface area contributed by atoms with E-state index in [4.69, 9.17) is 5.11 Å². The van der Waals surface area contributed by atoms with Crippen molar-refractivity contribution in [1.29, 1.82) is 0 Å². The monoisotopic (exact) mass is 156 g/mol. The molecule has 1 heterocycles. The van der Waals surface area contributed by atoms with Gasteiger partial charge in [-0.25, -0.2) is 4.79 Å². The molecule has 0 saturated heterocycles. The molecule has 1 aromatic rings. The van der Waals surface area contributed by atoms with E-state index in [1.54, 1.807) is 0 Å². The van der Waals surface area contributed by atoms with Gasteiger partial charge in [-0.15, -0.1) is 0 Å². The fraction of sp³-hybridized carbons (Fsp3) is 0.333. The molecule has 0 unspecified atom stereocenters. The zero-order chi connectivity index (χ0) is 8.43. The minimum absolute atomic E-state index is 0.466. The molecule has 5 heteroatoms. The number of hydrogen-bond acceptors (Lipinski definition) is 3. The van der Waals surface area contributed by atoms with Crippen LogP contribution >= 0.6 is 0 Å². The maximum Gasteiger partial charge on any atom is 0.330 e. The Kier molecular flexibility index (Phi) is 1.91. The van der Waals surface area contributed by atoms with Crippen LogP contribution in [0.4, 0.5) is 0 Å². The maximum absolute atomic E-state index is 10.8. The van der Waals surface area contributed by atoms with Crippen molar-refractivity contribution >= 4 is 0 Å². The summed E-state index contributed by atoms with van der Waals surface area (Å²) in [5.41, 5.74) is -1.07.